The van der Waals surface area contributed by atoms with Crippen LogP contribution in [0.5, 0.6) is 0 Å². The Hall–Kier alpha value is -2.99. The van der Waals surface area contributed by atoms with Crippen LogP contribution in [0.25, 0.3) is 10.8 Å². The van der Waals surface area contributed by atoms with E-state index in [1.165, 1.54) is 9.58 Å². The monoisotopic (exact) mass is 451 g/mol. The quantitative estimate of drug-likeness (QED) is 0.574. The van der Waals surface area contributed by atoms with Gasteiger partial charge in [-0.15, -0.1) is 0 Å². The van der Waals surface area contributed by atoms with Gasteiger partial charge in [-0.05, 0) is 45.2 Å². The largest absolute Gasteiger partial charge is 0.323 e. The minimum atomic E-state index is -1.17. The molecule has 1 aliphatic carbocycles. The molecular formula is C25H26ClN3O3. The highest BCUT2D eigenvalue weighted by Crippen LogP contribution is 2.42. The molecule has 0 N–H and O–H groups in total. The number of carbonyl (C=O) groups is 2. The molecule has 32 heavy (non-hydrogen) atoms. The minimum Gasteiger partial charge on any atom is -0.323 e. The number of benzene rings is 2. The van der Waals surface area contributed by atoms with Gasteiger partial charge < -0.3 is 4.90 Å². The molecule has 0 spiro atoms. The lowest BCUT2D eigenvalue weighted by Crippen LogP contribution is -2.54. The topological polar surface area (TPSA) is 72.3 Å². The van der Waals surface area contributed by atoms with Gasteiger partial charge in [-0.3, -0.25) is 14.4 Å². The minimum absolute atomic E-state index is 0.0332. The van der Waals surface area contributed by atoms with Gasteiger partial charge in [0.2, 0.25) is 0 Å². The van der Waals surface area contributed by atoms with E-state index < -0.39 is 11.4 Å². The molecule has 2 aromatic carbocycles. The Kier molecular flexibility index (Phi) is 5.91. The zero-order valence-corrected chi connectivity index (χ0v) is 19.2. The van der Waals surface area contributed by atoms with E-state index in [0.717, 1.165) is 12.8 Å². The van der Waals surface area contributed by atoms with Crippen LogP contribution in [0.15, 0.2) is 53.3 Å². The lowest BCUT2D eigenvalue weighted by atomic mass is 9.74. The lowest BCUT2D eigenvalue weighted by molar-refractivity contribution is -0.132. The highest BCUT2D eigenvalue weighted by Gasteiger charge is 2.48. The second-order valence-electron chi connectivity index (χ2n) is 8.57. The SMILES string of the molecule is CC(C)n1nc(C(=O)N(C)C2(c3ccccc3Cl)CCCCC2=O)c2ccccc2c1=O. The predicted octanol–water partition coefficient (Wildman–Crippen LogP) is 4.74. The summed E-state index contributed by atoms with van der Waals surface area (Å²) >= 11 is 6.54. The van der Waals surface area contributed by atoms with Crippen molar-refractivity contribution in [3.8, 4) is 0 Å². The zero-order chi connectivity index (χ0) is 23.0. The number of carbonyl (C=O) groups excluding carboxylic acids is 2. The van der Waals surface area contributed by atoms with Crippen LogP contribution in [0.3, 0.4) is 0 Å². The Morgan fingerprint density at radius 2 is 1.72 bits per heavy atom. The Morgan fingerprint density at radius 3 is 2.38 bits per heavy atom. The number of ketones is 1. The fraction of sp³-hybridized carbons (Fsp3) is 0.360. The first-order chi connectivity index (χ1) is 15.3. The number of hydrogen-bond acceptors (Lipinski definition) is 4. The molecule has 0 saturated heterocycles. The third-order valence-electron chi connectivity index (χ3n) is 6.37. The molecule has 1 fully saturated rings. The first kappa shape index (κ1) is 22.2. The van der Waals surface area contributed by atoms with E-state index in [2.05, 4.69) is 5.10 Å². The van der Waals surface area contributed by atoms with Crippen molar-refractivity contribution in [2.75, 3.05) is 7.05 Å². The maximum Gasteiger partial charge on any atom is 0.275 e. The average molecular weight is 452 g/mol. The van der Waals surface area contributed by atoms with Gasteiger partial charge in [-0.2, -0.15) is 5.10 Å². The summed E-state index contributed by atoms with van der Waals surface area (Å²) in [6.45, 7) is 3.69. The number of amides is 1. The van der Waals surface area contributed by atoms with Crippen LogP contribution in [-0.2, 0) is 10.3 Å². The van der Waals surface area contributed by atoms with Gasteiger partial charge >= 0.3 is 0 Å². The highest BCUT2D eigenvalue weighted by molar-refractivity contribution is 6.32. The van der Waals surface area contributed by atoms with Crippen molar-refractivity contribution in [1.29, 1.82) is 0 Å². The van der Waals surface area contributed by atoms with Crippen LogP contribution in [0, 0.1) is 0 Å². The van der Waals surface area contributed by atoms with Gasteiger partial charge in [-0.25, -0.2) is 4.68 Å². The highest BCUT2D eigenvalue weighted by atomic mass is 35.5. The fourth-order valence-electron chi connectivity index (χ4n) is 4.68. The molecule has 1 atom stereocenters. The maximum atomic E-state index is 13.9. The number of Topliss-reactive ketones (excluding diaryl/α,β-unsaturated/α-hetero) is 1. The van der Waals surface area contributed by atoms with Crippen molar-refractivity contribution >= 4 is 34.1 Å². The molecule has 0 bridgehead atoms. The lowest BCUT2D eigenvalue weighted by Gasteiger charge is -2.43. The van der Waals surface area contributed by atoms with Crippen LogP contribution in [-0.4, -0.2) is 33.4 Å². The molecule has 0 aliphatic heterocycles. The van der Waals surface area contributed by atoms with E-state index in [1.807, 2.05) is 32.0 Å². The van der Waals surface area contributed by atoms with Crippen LogP contribution in [0.2, 0.25) is 5.02 Å². The third-order valence-corrected chi connectivity index (χ3v) is 6.70. The molecule has 1 aliphatic rings. The van der Waals surface area contributed by atoms with Crippen LogP contribution in [0.4, 0.5) is 0 Å². The van der Waals surface area contributed by atoms with E-state index in [1.54, 1.807) is 37.4 Å². The normalized spacial score (nSPS) is 18.8. The Labute approximate surface area is 191 Å². The van der Waals surface area contributed by atoms with Gasteiger partial charge in [-0.1, -0.05) is 48.0 Å². The van der Waals surface area contributed by atoms with Crippen LogP contribution >= 0.6 is 11.6 Å². The van der Waals surface area contributed by atoms with E-state index in [0.29, 0.717) is 34.2 Å². The number of hydrogen-bond donors (Lipinski definition) is 0. The van der Waals surface area contributed by atoms with Crippen molar-refractivity contribution in [1.82, 2.24) is 14.7 Å². The number of halogens is 1. The van der Waals surface area contributed by atoms with Crippen molar-refractivity contribution in [2.24, 2.45) is 0 Å². The predicted molar refractivity (Wildman–Crippen MR) is 125 cm³/mol. The third kappa shape index (κ3) is 3.43. The Balaban J connectivity index is 1.93. The molecule has 166 valence electrons. The summed E-state index contributed by atoms with van der Waals surface area (Å²) in [5, 5.41) is 5.81. The summed E-state index contributed by atoms with van der Waals surface area (Å²) in [4.78, 5) is 41.7. The molecule has 1 amide bonds. The van der Waals surface area contributed by atoms with Gasteiger partial charge in [0, 0.05) is 29.4 Å². The molecule has 1 aromatic heterocycles. The molecule has 4 rings (SSSR count). The molecule has 7 heteroatoms. The van der Waals surface area contributed by atoms with Gasteiger partial charge in [0.25, 0.3) is 11.5 Å². The van der Waals surface area contributed by atoms with Crippen molar-refractivity contribution in [2.45, 2.75) is 51.1 Å². The smallest absolute Gasteiger partial charge is 0.275 e. The number of likely N-dealkylation sites (N-methyl/N-ethyl adjacent to an activating group) is 1. The van der Waals surface area contributed by atoms with E-state index >= 15 is 0 Å². The fourth-order valence-corrected chi connectivity index (χ4v) is 4.97. The summed E-state index contributed by atoms with van der Waals surface area (Å²) < 4.78 is 1.33. The maximum absolute atomic E-state index is 13.9. The van der Waals surface area contributed by atoms with Crippen LogP contribution < -0.4 is 5.56 Å². The number of nitrogens with zero attached hydrogens (tertiary/aromatic N) is 3. The van der Waals surface area contributed by atoms with E-state index in [-0.39, 0.29) is 23.1 Å². The Morgan fingerprint density at radius 1 is 1.06 bits per heavy atom. The molecule has 6 nitrogen and oxygen atoms in total. The molecule has 3 aromatic rings. The van der Waals surface area contributed by atoms with Crippen molar-refractivity contribution in [3.63, 3.8) is 0 Å². The molecule has 1 unspecified atom stereocenters. The molecule has 1 heterocycles. The van der Waals surface area contributed by atoms with Crippen LogP contribution in [0.1, 0.15) is 61.6 Å². The first-order valence-electron chi connectivity index (χ1n) is 10.9. The van der Waals surface area contributed by atoms with Gasteiger partial charge in [0.1, 0.15) is 5.54 Å². The van der Waals surface area contributed by atoms with Gasteiger partial charge in [0.15, 0.2) is 11.5 Å². The van der Waals surface area contributed by atoms with Gasteiger partial charge in [0.05, 0.1) is 11.4 Å². The summed E-state index contributed by atoms with van der Waals surface area (Å²) in [6, 6.07) is 13.9. The molecule has 0 radical (unpaired) electrons. The first-order valence-corrected chi connectivity index (χ1v) is 11.2. The number of fused-ring (bicyclic) bond motifs is 1. The number of aromatic nitrogens is 2. The zero-order valence-electron chi connectivity index (χ0n) is 18.5. The standard InChI is InChI=1S/C25H26ClN3O3/c1-16(2)29-23(31)18-11-5-4-10-17(18)22(27-29)24(32)28(3)25(15-9-8-14-21(25)30)19-12-6-7-13-20(19)26/h4-7,10-13,16H,8-9,14-15H2,1-3H3. The summed E-state index contributed by atoms with van der Waals surface area (Å²) in [7, 11) is 1.64. The van der Waals surface area contributed by atoms with E-state index in [4.69, 9.17) is 11.6 Å². The Bertz CT molecular complexity index is 1270. The second-order valence-corrected chi connectivity index (χ2v) is 8.98. The van der Waals surface area contributed by atoms with E-state index in [9.17, 15) is 14.4 Å². The molecule has 1 saturated carbocycles. The average Bonchev–Trinajstić information content (AvgIpc) is 2.79. The number of rotatable bonds is 4. The second kappa shape index (κ2) is 8.51. The molecular weight excluding hydrogens is 426 g/mol. The van der Waals surface area contributed by atoms with Crippen molar-refractivity contribution < 1.29 is 9.59 Å². The van der Waals surface area contributed by atoms with Crippen molar-refractivity contribution in [3.05, 3.63) is 75.2 Å². The summed E-state index contributed by atoms with van der Waals surface area (Å²) in [5.74, 6) is -0.444. The summed E-state index contributed by atoms with van der Waals surface area (Å²) in [6.07, 6.45) is 2.45. The summed E-state index contributed by atoms with van der Waals surface area (Å²) in [5.41, 5.74) is -0.635.